The number of carbonyl (C=O) groups excluding carboxylic acids is 2. The number of ether oxygens (including phenoxy) is 4. The van der Waals surface area contributed by atoms with Crippen molar-refractivity contribution >= 4 is 34.7 Å². The third kappa shape index (κ3) is 3.87. The van der Waals surface area contributed by atoms with Gasteiger partial charge < -0.3 is 18.9 Å². The first-order valence-electron chi connectivity index (χ1n) is 8.17. The molecule has 2 aromatic heterocycles. The summed E-state index contributed by atoms with van der Waals surface area (Å²) >= 11 is 6.14. The van der Waals surface area contributed by atoms with Crippen LogP contribution in [0.1, 0.15) is 25.9 Å². The fourth-order valence-corrected chi connectivity index (χ4v) is 3.31. The predicted molar refractivity (Wildman–Crippen MR) is 92.0 cm³/mol. The van der Waals surface area contributed by atoms with E-state index in [-0.39, 0.29) is 11.8 Å². The van der Waals surface area contributed by atoms with Crippen LogP contribution in [0, 0.1) is 6.92 Å². The summed E-state index contributed by atoms with van der Waals surface area (Å²) in [7, 11) is 1.49. The second-order valence-corrected chi connectivity index (χ2v) is 6.41. The molecule has 3 heterocycles. The normalized spacial score (nSPS) is 24.9. The highest BCUT2D eigenvalue weighted by Gasteiger charge is 2.50. The van der Waals surface area contributed by atoms with Gasteiger partial charge in [-0.25, -0.2) is 15.0 Å². The zero-order valence-electron chi connectivity index (χ0n) is 15.2. The topological polar surface area (TPSA) is 115 Å². The monoisotopic (exact) mass is 398 g/mol. The number of aryl methyl sites for hydroxylation is 1. The molecule has 0 N–H and O–H groups in total. The Hall–Kier alpha value is -2.30. The Kier molecular flexibility index (Phi) is 5.59. The number of esters is 2. The van der Waals surface area contributed by atoms with E-state index >= 15 is 0 Å². The highest BCUT2D eigenvalue weighted by Crippen LogP contribution is 2.36. The number of imidazole rings is 1. The zero-order valence-corrected chi connectivity index (χ0v) is 16.0. The molecule has 0 bridgehead atoms. The Bertz CT molecular complexity index is 872. The second-order valence-electron chi connectivity index (χ2n) is 6.05. The van der Waals surface area contributed by atoms with Gasteiger partial charge in [0.15, 0.2) is 29.2 Å². The van der Waals surface area contributed by atoms with Crippen molar-refractivity contribution in [3.8, 4) is 0 Å². The molecule has 1 aliphatic rings. The van der Waals surface area contributed by atoms with Crippen molar-refractivity contribution in [2.24, 2.45) is 0 Å². The summed E-state index contributed by atoms with van der Waals surface area (Å²) in [6.45, 7) is 4.36. The number of hydrogen-bond donors (Lipinski definition) is 0. The van der Waals surface area contributed by atoms with Gasteiger partial charge in [-0.1, -0.05) is 11.6 Å². The van der Waals surface area contributed by atoms with E-state index < -0.39 is 36.5 Å². The van der Waals surface area contributed by atoms with Crippen LogP contribution in [0.3, 0.4) is 0 Å². The van der Waals surface area contributed by atoms with Crippen molar-refractivity contribution in [2.45, 2.75) is 45.3 Å². The van der Waals surface area contributed by atoms with E-state index in [1.165, 1.54) is 27.3 Å². The third-order valence-electron chi connectivity index (χ3n) is 3.99. The van der Waals surface area contributed by atoms with Crippen molar-refractivity contribution in [1.82, 2.24) is 19.5 Å². The van der Waals surface area contributed by atoms with Crippen LogP contribution in [-0.2, 0) is 28.5 Å². The SMILES string of the molecule is COCC1OC(n2cnc3c(Cl)nc(C)nc32)C(OC(C)=O)C1OC(C)=O. The number of hydrogen-bond acceptors (Lipinski definition) is 9. The lowest BCUT2D eigenvalue weighted by Crippen LogP contribution is -2.40. The molecule has 10 nitrogen and oxygen atoms in total. The number of fused-ring (bicyclic) bond motifs is 1. The lowest BCUT2D eigenvalue weighted by molar-refractivity contribution is -0.165. The van der Waals surface area contributed by atoms with E-state index in [2.05, 4.69) is 15.0 Å². The predicted octanol–water partition coefficient (Wildman–Crippen LogP) is 1.20. The summed E-state index contributed by atoms with van der Waals surface area (Å²) < 4.78 is 23.5. The maximum absolute atomic E-state index is 11.7. The smallest absolute Gasteiger partial charge is 0.303 e. The van der Waals surface area contributed by atoms with Crippen molar-refractivity contribution in [1.29, 1.82) is 0 Å². The van der Waals surface area contributed by atoms with Crippen molar-refractivity contribution in [2.75, 3.05) is 13.7 Å². The number of carbonyl (C=O) groups is 2. The fraction of sp³-hybridized carbons (Fsp3) is 0.562. The largest absolute Gasteiger partial charge is 0.456 e. The molecule has 0 aliphatic carbocycles. The molecule has 2 aromatic rings. The molecular weight excluding hydrogens is 380 g/mol. The van der Waals surface area contributed by atoms with Crippen LogP contribution in [0.25, 0.3) is 11.2 Å². The molecule has 1 saturated heterocycles. The van der Waals surface area contributed by atoms with Crippen molar-refractivity contribution in [3.63, 3.8) is 0 Å². The van der Waals surface area contributed by atoms with Gasteiger partial charge in [-0.15, -0.1) is 0 Å². The van der Waals surface area contributed by atoms with E-state index in [4.69, 9.17) is 30.5 Å². The second kappa shape index (κ2) is 7.75. The first-order valence-corrected chi connectivity index (χ1v) is 8.55. The van der Waals surface area contributed by atoms with Crippen LogP contribution in [0.2, 0.25) is 5.15 Å². The highest BCUT2D eigenvalue weighted by molar-refractivity contribution is 6.33. The summed E-state index contributed by atoms with van der Waals surface area (Å²) in [5.74, 6) is -0.627. The molecule has 146 valence electrons. The number of halogens is 1. The van der Waals surface area contributed by atoms with Gasteiger partial charge in [-0.05, 0) is 6.92 Å². The fourth-order valence-electron chi connectivity index (χ4n) is 3.05. The molecule has 0 saturated carbocycles. The Balaban J connectivity index is 2.06. The van der Waals surface area contributed by atoms with Gasteiger partial charge in [0.05, 0.1) is 12.9 Å². The standard InChI is InChI=1S/C16H19ClN4O6/c1-7-19-14(17)11-15(20-7)21(6-18-11)16-13(26-9(3)23)12(25-8(2)22)10(27-16)5-24-4/h6,10,12-13,16H,5H2,1-4H3. The molecule has 1 aliphatic heterocycles. The van der Waals surface area contributed by atoms with Crippen LogP contribution >= 0.6 is 11.6 Å². The van der Waals surface area contributed by atoms with Gasteiger partial charge >= 0.3 is 11.9 Å². The maximum Gasteiger partial charge on any atom is 0.303 e. The molecule has 11 heteroatoms. The lowest BCUT2D eigenvalue weighted by Gasteiger charge is -2.23. The minimum Gasteiger partial charge on any atom is -0.456 e. The Morgan fingerprint density at radius 1 is 1.22 bits per heavy atom. The summed E-state index contributed by atoms with van der Waals surface area (Å²) in [5, 5.41) is 0.197. The summed E-state index contributed by atoms with van der Waals surface area (Å²) in [4.78, 5) is 35.9. The molecule has 0 spiro atoms. The Labute approximate surface area is 159 Å². The van der Waals surface area contributed by atoms with Gasteiger partial charge in [0, 0.05) is 21.0 Å². The maximum atomic E-state index is 11.7. The lowest BCUT2D eigenvalue weighted by atomic mass is 10.1. The molecule has 0 radical (unpaired) electrons. The number of methoxy groups -OCH3 is 1. The first kappa shape index (κ1) is 19.5. The molecule has 0 amide bonds. The van der Waals surface area contributed by atoms with Crippen LogP contribution in [0.5, 0.6) is 0 Å². The molecule has 4 atom stereocenters. The van der Waals surface area contributed by atoms with Crippen molar-refractivity contribution in [3.05, 3.63) is 17.3 Å². The average molecular weight is 399 g/mol. The number of nitrogens with zero attached hydrogens (tertiary/aromatic N) is 4. The van der Waals surface area contributed by atoms with Gasteiger partial charge in [0.1, 0.15) is 17.4 Å². The first-order chi connectivity index (χ1) is 12.8. The zero-order chi connectivity index (χ0) is 19.7. The van der Waals surface area contributed by atoms with Crippen LogP contribution in [-0.4, -0.2) is 63.5 Å². The third-order valence-corrected chi connectivity index (χ3v) is 4.25. The minimum absolute atomic E-state index is 0.133. The number of rotatable bonds is 5. The molecular formula is C16H19ClN4O6. The van der Waals surface area contributed by atoms with E-state index in [0.29, 0.717) is 17.0 Å². The van der Waals surface area contributed by atoms with Crippen LogP contribution < -0.4 is 0 Å². The molecule has 3 rings (SSSR count). The van der Waals surface area contributed by atoms with Gasteiger partial charge in [0.25, 0.3) is 0 Å². The highest BCUT2D eigenvalue weighted by atomic mass is 35.5. The van der Waals surface area contributed by atoms with Crippen molar-refractivity contribution < 1.29 is 28.5 Å². The van der Waals surface area contributed by atoms with E-state index in [1.54, 1.807) is 11.5 Å². The Morgan fingerprint density at radius 2 is 1.89 bits per heavy atom. The summed E-state index contributed by atoms with van der Waals surface area (Å²) in [5.41, 5.74) is 0.793. The van der Waals surface area contributed by atoms with Crippen LogP contribution in [0.4, 0.5) is 0 Å². The summed E-state index contributed by atoms with van der Waals surface area (Å²) in [6.07, 6.45) is -1.80. The van der Waals surface area contributed by atoms with Gasteiger partial charge in [0.2, 0.25) is 0 Å². The average Bonchev–Trinajstić information content (AvgIpc) is 3.10. The molecule has 1 fully saturated rings. The quantitative estimate of drug-likeness (QED) is 0.541. The van der Waals surface area contributed by atoms with Gasteiger partial charge in [-0.3, -0.25) is 14.2 Å². The van der Waals surface area contributed by atoms with E-state index in [0.717, 1.165) is 0 Å². The Morgan fingerprint density at radius 3 is 2.52 bits per heavy atom. The van der Waals surface area contributed by atoms with Gasteiger partial charge in [-0.2, -0.15) is 0 Å². The van der Waals surface area contributed by atoms with Crippen LogP contribution in [0.15, 0.2) is 6.33 Å². The minimum atomic E-state index is -0.919. The van der Waals surface area contributed by atoms with E-state index in [1.807, 2.05) is 0 Å². The number of aromatic nitrogens is 4. The molecule has 4 unspecified atom stereocenters. The summed E-state index contributed by atoms with van der Waals surface area (Å²) in [6, 6.07) is 0. The molecule has 27 heavy (non-hydrogen) atoms. The molecule has 0 aromatic carbocycles. The van der Waals surface area contributed by atoms with E-state index in [9.17, 15) is 9.59 Å².